The van der Waals surface area contributed by atoms with Crippen molar-refractivity contribution in [2.45, 2.75) is 33.4 Å². The summed E-state index contributed by atoms with van der Waals surface area (Å²) in [5.74, 6) is 0.929. The molecule has 0 bridgehead atoms. The van der Waals surface area contributed by atoms with Crippen molar-refractivity contribution >= 4 is 16.8 Å². The van der Waals surface area contributed by atoms with Gasteiger partial charge in [0.1, 0.15) is 5.82 Å². The highest BCUT2D eigenvalue weighted by molar-refractivity contribution is 5.79. The van der Waals surface area contributed by atoms with E-state index in [9.17, 15) is 9.59 Å². The summed E-state index contributed by atoms with van der Waals surface area (Å²) in [5, 5.41) is 9.56. The van der Waals surface area contributed by atoms with Gasteiger partial charge in [0, 0.05) is 12.1 Å². The maximum atomic E-state index is 12.9. The Hall–Kier alpha value is -3.86. The summed E-state index contributed by atoms with van der Waals surface area (Å²) >= 11 is 0. The second-order valence-corrected chi connectivity index (χ2v) is 7.14. The molecule has 1 heterocycles. The summed E-state index contributed by atoms with van der Waals surface area (Å²) in [6, 6.07) is 13.8. The summed E-state index contributed by atoms with van der Waals surface area (Å²) in [6.45, 7) is 5.91. The van der Waals surface area contributed by atoms with Crippen LogP contribution in [-0.2, 0) is 11.3 Å². The average molecular weight is 420 g/mol. The van der Waals surface area contributed by atoms with E-state index >= 15 is 0 Å². The van der Waals surface area contributed by atoms with Gasteiger partial charge in [-0.1, -0.05) is 12.1 Å². The number of benzene rings is 2. The number of H-pyrrole nitrogens is 1. The molecule has 0 radical (unpaired) electrons. The highest BCUT2D eigenvalue weighted by atomic mass is 16.5. The fourth-order valence-electron chi connectivity index (χ4n) is 3.12. The highest BCUT2D eigenvalue weighted by Gasteiger charge is 2.20. The Balaban J connectivity index is 1.76. The van der Waals surface area contributed by atoms with Crippen molar-refractivity contribution in [3.8, 4) is 17.6 Å². The molecule has 31 heavy (non-hydrogen) atoms. The van der Waals surface area contributed by atoms with E-state index in [-0.39, 0.29) is 30.7 Å². The molecule has 0 saturated heterocycles. The first-order chi connectivity index (χ1) is 14.9. The Morgan fingerprint density at radius 1 is 1.19 bits per heavy atom. The summed E-state index contributed by atoms with van der Waals surface area (Å²) in [6.07, 6.45) is 0. The molecule has 3 aromatic rings. The van der Waals surface area contributed by atoms with Gasteiger partial charge in [-0.15, -0.1) is 0 Å². The summed E-state index contributed by atoms with van der Waals surface area (Å²) < 4.78 is 11.2. The van der Waals surface area contributed by atoms with Gasteiger partial charge in [0.05, 0.1) is 35.7 Å². The SMILES string of the molecule is CCOc1cc(C#N)ccc1OCC(=O)N(Cc1nc2ccccc2c(=O)[nH]1)C(C)C. The van der Waals surface area contributed by atoms with Crippen LogP contribution in [0.2, 0.25) is 0 Å². The van der Waals surface area contributed by atoms with Crippen molar-refractivity contribution < 1.29 is 14.3 Å². The van der Waals surface area contributed by atoms with Crippen LogP contribution in [0.1, 0.15) is 32.2 Å². The molecule has 0 spiro atoms. The number of hydrogen-bond donors (Lipinski definition) is 1. The van der Waals surface area contributed by atoms with Gasteiger partial charge in [0.2, 0.25) is 0 Å². The van der Waals surface area contributed by atoms with Gasteiger partial charge in [0.25, 0.3) is 11.5 Å². The van der Waals surface area contributed by atoms with Crippen molar-refractivity contribution in [2.24, 2.45) is 0 Å². The third-order valence-corrected chi connectivity index (χ3v) is 4.65. The highest BCUT2D eigenvalue weighted by Crippen LogP contribution is 2.28. The Kier molecular flexibility index (Phi) is 6.88. The molecule has 0 atom stereocenters. The fourth-order valence-corrected chi connectivity index (χ4v) is 3.12. The fraction of sp³-hybridized carbons (Fsp3) is 0.304. The molecule has 0 aliphatic rings. The predicted octanol–water partition coefficient (Wildman–Crippen LogP) is 3.01. The lowest BCUT2D eigenvalue weighted by molar-refractivity contribution is -0.135. The molecule has 8 heteroatoms. The predicted molar refractivity (Wildman–Crippen MR) is 116 cm³/mol. The molecule has 0 aliphatic carbocycles. The van der Waals surface area contributed by atoms with E-state index in [2.05, 4.69) is 9.97 Å². The van der Waals surface area contributed by atoms with Crippen molar-refractivity contribution in [1.82, 2.24) is 14.9 Å². The monoisotopic (exact) mass is 420 g/mol. The molecule has 0 fully saturated rings. The summed E-state index contributed by atoms with van der Waals surface area (Å²) in [7, 11) is 0. The number of nitrogens with zero attached hydrogens (tertiary/aromatic N) is 3. The minimum absolute atomic E-state index is 0.139. The lowest BCUT2D eigenvalue weighted by Crippen LogP contribution is -2.40. The number of ether oxygens (including phenoxy) is 2. The number of aromatic amines is 1. The van der Waals surface area contributed by atoms with E-state index in [4.69, 9.17) is 14.7 Å². The number of amides is 1. The zero-order valence-electron chi connectivity index (χ0n) is 17.7. The van der Waals surface area contributed by atoms with Crippen LogP contribution in [0, 0.1) is 11.3 Å². The zero-order chi connectivity index (χ0) is 22.4. The maximum Gasteiger partial charge on any atom is 0.261 e. The number of carbonyl (C=O) groups excluding carboxylic acids is 1. The third-order valence-electron chi connectivity index (χ3n) is 4.65. The Bertz CT molecular complexity index is 1180. The summed E-state index contributed by atoms with van der Waals surface area (Å²) in [4.78, 5) is 34.0. The molecule has 2 aromatic carbocycles. The zero-order valence-corrected chi connectivity index (χ0v) is 17.7. The molecular formula is C23H24N4O4. The van der Waals surface area contributed by atoms with Gasteiger partial charge in [-0.2, -0.15) is 5.26 Å². The molecule has 0 aliphatic heterocycles. The van der Waals surface area contributed by atoms with Crippen LogP contribution in [0.25, 0.3) is 10.9 Å². The third kappa shape index (κ3) is 5.20. The average Bonchev–Trinajstić information content (AvgIpc) is 2.76. The second kappa shape index (κ2) is 9.76. The number of carbonyl (C=O) groups is 1. The van der Waals surface area contributed by atoms with Crippen LogP contribution in [0.15, 0.2) is 47.3 Å². The number of hydrogen-bond acceptors (Lipinski definition) is 6. The normalized spacial score (nSPS) is 10.7. The lowest BCUT2D eigenvalue weighted by Gasteiger charge is -2.26. The molecule has 1 aromatic heterocycles. The van der Waals surface area contributed by atoms with Crippen molar-refractivity contribution in [3.63, 3.8) is 0 Å². The molecule has 1 N–H and O–H groups in total. The van der Waals surface area contributed by atoms with Gasteiger partial charge in [-0.25, -0.2) is 4.98 Å². The summed E-state index contributed by atoms with van der Waals surface area (Å²) in [5.41, 5.74) is 0.775. The van der Waals surface area contributed by atoms with Crippen LogP contribution in [0.5, 0.6) is 11.5 Å². The standard InChI is InChI=1S/C23H24N4O4/c1-4-30-20-11-16(12-24)9-10-19(20)31-14-22(28)27(15(2)3)13-21-25-18-8-6-5-7-17(18)23(29)26-21/h5-11,15H,4,13-14H2,1-3H3,(H,25,26,29). The van der Waals surface area contributed by atoms with E-state index in [1.807, 2.05) is 32.9 Å². The topological polar surface area (TPSA) is 108 Å². The van der Waals surface area contributed by atoms with Gasteiger partial charge in [-0.3, -0.25) is 9.59 Å². The van der Waals surface area contributed by atoms with E-state index in [1.54, 1.807) is 41.3 Å². The quantitative estimate of drug-likeness (QED) is 0.600. The maximum absolute atomic E-state index is 12.9. The number of nitrogens with one attached hydrogen (secondary N) is 1. The first-order valence-electron chi connectivity index (χ1n) is 10.00. The molecule has 160 valence electrons. The molecular weight excluding hydrogens is 396 g/mol. The minimum atomic E-state index is -0.266. The van der Waals surface area contributed by atoms with Crippen molar-refractivity contribution in [2.75, 3.05) is 13.2 Å². The van der Waals surface area contributed by atoms with E-state index in [0.717, 1.165) is 0 Å². The number of nitriles is 1. The van der Waals surface area contributed by atoms with Crippen molar-refractivity contribution in [3.05, 3.63) is 64.2 Å². The van der Waals surface area contributed by atoms with Crippen LogP contribution >= 0.6 is 0 Å². The van der Waals surface area contributed by atoms with Crippen molar-refractivity contribution in [1.29, 1.82) is 5.26 Å². The van der Waals surface area contributed by atoms with Gasteiger partial charge in [-0.05, 0) is 45.0 Å². The van der Waals surface area contributed by atoms with Gasteiger partial charge < -0.3 is 19.4 Å². The van der Waals surface area contributed by atoms with Gasteiger partial charge in [0.15, 0.2) is 18.1 Å². The number of fused-ring (bicyclic) bond motifs is 1. The van der Waals surface area contributed by atoms with Crippen LogP contribution in [-0.4, -0.2) is 40.0 Å². The first-order valence-corrected chi connectivity index (χ1v) is 10.00. The van der Waals surface area contributed by atoms with Gasteiger partial charge >= 0.3 is 0 Å². The lowest BCUT2D eigenvalue weighted by atomic mass is 10.2. The largest absolute Gasteiger partial charge is 0.490 e. The number of para-hydroxylation sites is 1. The van der Waals surface area contributed by atoms with E-state index in [0.29, 0.717) is 40.4 Å². The first kappa shape index (κ1) is 21.8. The molecule has 3 rings (SSSR count). The molecule has 0 unspecified atom stereocenters. The number of aromatic nitrogens is 2. The van der Waals surface area contributed by atoms with Crippen LogP contribution < -0.4 is 15.0 Å². The van der Waals surface area contributed by atoms with Crippen LogP contribution in [0.4, 0.5) is 0 Å². The Morgan fingerprint density at radius 3 is 2.68 bits per heavy atom. The van der Waals surface area contributed by atoms with E-state index in [1.165, 1.54) is 0 Å². The smallest absolute Gasteiger partial charge is 0.261 e. The second-order valence-electron chi connectivity index (χ2n) is 7.14. The van der Waals surface area contributed by atoms with E-state index < -0.39 is 0 Å². The molecule has 8 nitrogen and oxygen atoms in total. The Labute approximate surface area is 180 Å². The minimum Gasteiger partial charge on any atom is -0.490 e. The molecule has 1 amide bonds. The van der Waals surface area contributed by atoms with Crippen LogP contribution in [0.3, 0.4) is 0 Å². The number of rotatable bonds is 8. The Morgan fingerprint density at radius 2 is 1.97 bits per heavy atom. The molecule has 0 saturated carbocycles.